The number of hydrogen-bond acceptors (Lipinski definition) is 5. The predicted molar refractivity (Wildman–Crippen MR) is 70.3 cm³/mol. The van der Waals surface area contributed by atoms with Gasteiger partial charge in [0.2, 0.25) is 5.91 Å². The first-order chi connectivity index (χ1) is 10.1. The van der Waals surface area contributed by atoms with Crippen molar-refractivity contribution in [2.45, 2.75) is 25.7 Å². The molecule has 0 aliphatic heterocycles. The van der Waals surface area contributed by atoms with Crippen molar-refractivity contribution in [2.24, 2.45) is 11.8 Å². The van der Waals surface area contributed by atoms with E-state index in [1.165, 1.54) is 24.5 Å². The Kier molecular flexibility index (Phi) is 4.86. The van der Waals surface area contributed by atoms with Crippen LogP contribution in [0, 0.1) is 11.8 Å². The average Bonchev–Trinajstić information content (AvgIpc) is 2.53. The molecule has 112 valence electrons. The van der Waals surface area contributed by atoms with Crippen LogP contribution in [0.1, 0.15) is 36.0 Å². The van der Waals surface area contributed by atoms with Gasteiger partial charge in [0.25, 0.3) is 5.91 Å². The van der Waals surface area contributed by atoms with Crippen molar-refractivity contribution in [3.05, 3.63) is 30.1 Å². The number of aliphatic carboxylic acids is 1. The highest BCUT2D eigenvalue weighted by Crippen LogP contribution is 2.29. The second-order valence-electron chi connectivity index (χ2n) is 5.00. The number of nitrogens with one attached hydrogen (secondary N) is 2. The zero-order valence-corrected chi connectivity index (χ0v) is 11.4. The summed E-state index contributed by atoms with van der Waals surface area (Å²) in [6, 6.07) is 3.01. The van der Waals surface area contributed by atoms with Crippen molar-refractivity contribution in [1.82, 2.24) is 15.8 Å². The molecule has 2 atom stereocenters. The second kappa shape index (κ2) is 6.83. The van der Waals surface area contributed by atoms with Gasteiger partial charge in [0.05, 0.1) is 0 Å². The Balaban J connectivity index is 1.92. The Hall–Kier alpha value is -2.44. The summed E-state index contributed by atoms with van der Waals surface area (Å²) in [6.45, 7) is 0. The molecule has 7 heteroatoms. The lowest BCUT2D eigenvalue weighted by Gasteiger charge is -2.31. The van der Waals surface area contributed by atoms with Crippen LogP contribution in [0.2, 0.25) is 0 Å². The molecule has 7 nitrogen and oxygen atoms in total. The maximum atomic E-state index is 12.0. The highest BCUT2D eigenvalue weighted by molar-refractivity contribution is 5.95. The van der Waals surface area contributed by atoms with Crippen LogP contribution < -0.4 is 16.0 Å². The first-order valence-electron chi connectivity index (χ1n) is 6.80. The topological polar surface area (TPSA) is 111 Å². The number of carbonyl (C=O) groups excluding carboxylic acids is 3. The van der Waals surface area contributed by atoms with Crippen molar-refractivity contribution < 1.29 is 19.5 Å². The number of hydrogen-bond donors (Lipinski definition) is 2. The van der Waals surface area contributed by atoms with Gasteiger partial charge in [-0.25, -0.2) is 0 Å². The van der Waals surface area contributed by atoms with Gasteiger partial charge < -0.3 is 9.90 Å². The predicted octanol–water partition coefficient (Wildman–Crippen LogP) is -0.601. The van der Waals surface area contributed by atoms with Gasteiger partial charge in [0, 0.05) is 35.8 Å². The smallest absolute Gasteiger partial charge is 0.269 e. The van der Waals surface area contributed by atoms with Crippen LogP contribution in [0.15, 0.2) is 24.5 Å². The number of amides is 2. The van der Waals surface area contributed by atoms with E-state index < -0.39 is 29.6 Å². The molecule has 1 fully saturated rings. The molecular formula is C14H16N3O4-. The molecule has 2 amide bonds. The minimum Gasteiger partial charge on any atom is -0.550 e. The largest absolute Gasteiger partial charge is 0.550 e. The van der Waals surface area contributed by atoms with Crippen LogP contribution in [0.5, 0.6) is 0 Å². The van der Waals surface area contributed by atoms with Gasteiger partial charge in [-0.2, -0.15) is 0 Å². The van der Waals surface area contributed by atoms with Crippen molar-refractivity contribution in [3.8, 4) is 0 Å². The Morgan fingerprint density at radius 2 is 1.67 bits per heavy atom. The van der Waals surface area contributed by atoms with Crippen LogP contribution in [0.3, 0.4) is 0 Å². The number of hydrazine groups is 1. The van der Waals surface area contributed by atoms with E-state index in [2.05, 4.69) is 15.8 Å². The number of nitrogens with zero attached hydrogens (tertiary/aromatic N) is 1. The molecule has 1 aromatic heterocycles. The Bertz CT molecular complexity index is 532. The zero-order chi connectivity index (χ0) is 15.2. The molecule has 0 aromatic carbocycles. The number of rotatable bonds is 3. The maximum Gasteiger partial charge on any atom is 0.269 e. The number of aromatic nitrogens is 1. The van der Waals surface area contributed by atoms with Crippen molar-refractivity contribution in [3.63, 3.8) is 0 Å². The lowest BCUT2D eigenvalue weighted by molar-refractivity contribution is -0.314. The van der Waals surface area contributed by atoms with Crippen molar-refractivity contribution in [1.29, 1.82) is 0 Å². The van der Waals surface area contributed by atoms with E-state index in [9.17, 15) is 19.5 Å². The first-order valence-corrected chi connectivity index (χ1v) is 6.80. The second-order valence-corrected chi connectivity index (χ2v) is 5.00. The van der Waals surface area contributed by atoms with Crippen LogP contribution >= 0.6 is 0 Å². The minimum atomic E-state index is -1.21. The van der Waals surface area contributed by atoms with Crippen LogP contribution in [-0.4, -0.2) is 22.8 Å². The Labute approximate surface area is 121 Å². The van der Waals surface area contributed by atoms with Gasteiger partial charge in [-0.3, -0.25) is 25.4 Å². The van der Waals surface area contributed by atoms with Crippen LogP contribution in [0.25, 0.3) is 0 Å². The first kappa shape index (κ1) is 15.0. The van der Waals surface area contributed by atoms with E-state index in [0.717, 1.165) is 12.8 Å². The maximum absolute atomic E-state index is 12.0. The number of carboxylic acid groups (broad SMARTS) is 1. The lowest BCUT2D eigenvalue weighted by atomic mass is 9.79. The molecule has 21 heavy (non-hydrogen) atoms. The third kappa shape index (κ3) is 3.77. The third-order valence-corrected chi connectivity index (χ3v) is 3.65. The highest BCUT2D eigenvalue weighted by atomic mass is 16.4. The number of pyridine rings is 1. The number of carbonyl (C=O) groups is 3. The number of carboxylic acids is 1. The van der Waals surface area contributed by atoms with E-state index in [-0.39, 0.29) is 0 Å². The Morgan fingerprint density at radius 3 is 2.29 bits per heavy atom. The molecule has 1 aliphatic rings. The summed E-state index contributed by atoms with van der Waals surface area (Å²) in [5.41, 5.74) is 4.91. The highest BCUT2D eigenvalue weighted by Gasteiger charge is 2.31. The molecule has 2 N–H and O–H groups in total. The van der Waals surface area contributed by atoms with Crippen molar-refractivity contribution >= 4 is 17.8 Å². The summed E-state index contributed by atoms with van der Waals surface area (Å²) in [5.74, 6) is -3.65. The molecule has 0 radical (unpaired) electrons. The van der Waals surface area contributed by atoms with Crippen LogP contribution in [0.4, 0.5) is 0 Å². The quantitative estimate of drug-likeness (QED) is 0.722. The van der Waals surface area contributed by atoms with E-state index in [1.54, 1.807) is 0 Å². The van der Waals surface area contributed by atoms with E-state index in [0.29, 0.717) is 18.4 Å². The molecule has 1 saturated carbocycles. The summed E-state index contributed by atoms with van der Waals surface area (Å²) in [6.07, 6.45) is 5.40. The molecular weight excluding hydrogens is 274 g/mol. The molecule has 0 bridgehead atoms. The zero-order valence-electron chi connectivity index (χ0n) is 11.4. The van der Waals surface area contributed by atoms with Gasteiger partial charge >= 0.3 is 0 Å². The van der Waals surface area contributed by atoms with Gasteiger partial charge in [0.15, 0.2) is 0 Å². The van der Waals surface area contributed by atoms with Gasteiger partial charge in [-0.05, 0) is 25.0 Å². The summed E-state index contributed by atoms with van der Waals surface area (Å²) < 4.78 is 0. The molecule has 2 rings (SSSR count). The van der Waals surface area contributed by atoms with Crippen LogP contribution in [-0.2, 0) is 9.59 Å². The van der Waals surface area contributed by atoms with Gasteiger partial charge in [0.1, 0.15) is 0 Å². The summed E-state index contributed by atoms with van der Waals surface area (Å²) in [4.78, 5) is 38.6. The van der Waals surface area contributed by atoms with E-state index >= 15 is 0 Å². The summed E-state index contributed by atoms with van der Waals surface area (Å²) in [5, 5.41) is 11.0. The molecule has 0 spiro atoms. The SMILES string of the molecule is O=C(NNC(=O)[C@H]1CCCC[C@H]1C(=O)[O-])c1ccncc1. The third-order valence-electron chi connectivity index (χ3n) is 3.65. The molecule has 0 saturated heterocycles. The monoisotopic (exact) mass is 290 g/mol. The van der Waals surface area contributed by atoms with Gasteiger partial charge in [-0.1, -0.05) is 12.8 Å². The molecule has 1 heterocycles. The molecule has 0 unspecified atom stereocenters. The Morgan fingerprint density at radius 1 is 1.05 bits per heavy atom. The van der Waals surface area contributed by atoms with Crippen molar-refractivity contribution in [2.75, 3.05) is 0 Å². The fourth-order valence-electron chi connectivity index (χ4n) is 2.51. The standard InChI is InChI=1S/C14H17N3O4/c18-12(9-5-7-15-8-6-9)16-17-13(19)10-3-1-2-4-11(10)14(20)21/h5-8,10-11H,1-4H2,(H,16,18)(H,17,19)(H,20,21)/p-1/t10-,11+/m0/s1. The van der Waals surface area contributed by atoms with E-state index in [4.69, 9.17) is 0 Å². The van der Waals surface area contributed by atoms with E-state index in [1.807, 2.05) is 0 Å². The summed E-state index contributed by atoms with van der Waals surface area (Å²) >= 11 is 0. The fourth-order valence-corrected chi connectivity index (χ4v) is 2.51. The molecule has 1 aliphatic carbocycles. The lowest BCUT2D eigenvalue weighted by Crippen LogP contribution is -2.49. The fraction of sp³-hybridized carbons (Fsp3) is 0.429. The van der Waals surface area contributed by atoms with Gasteiger partial charge in [-0.15, -0.1) is 0 Å². The average molecular weight is 290 g/mol. The normalized spacial score (nSPS) is 21.3. The minimum absolute atomic E-state index is 0.352. The summed E-state index contributed by atoms with van der Waals surface area (Å²) in [7, 11) is 0. The molecule has 1 aromatic rings.